The van der Waals surface area contributed by atoms with Crippen LogP contribution in [0.15, 0.2) is 12.4 Å². The summed E-state index contributed by atoms with van der Waals surface area (Å²) in [5, 5.41) is 3.30. The van der Waals surface area contributed by atoms with Crippen LogP contribution in [0.4, 0.5) is 5.95 Å². The molecule has 0 unspecified atom stereocenters. The molecule has 1 aromatic heterocycles. The molecule has 5 nitrogen and oxygen atoms in total. The number of methoxy groups -OCH3 is 1. The monoisotopic (exact) mass is 278 g/mol. The number of ether oxygens (including phenoxy) is 1. The van der Waals surface area contributed by atoms with E-state index >= 15 is 0 Å². The molecule has 0 radical (unpaired) electrons. The fourth-order valence-corrected chi connectivity index (χ4v) is 2.46. The molecule has 1 aromatic rings. The van der Waals surface area contributed by atoms with E-state index in [4.69, 9.17) is 4.74 Å². The number of rotatable bonds is 6. The number of nitrogens with zero attached hydrogens (tertiary/aromatic N) is 3. The summed E-state index contributed by atoms with van der Waals surface area (Å²) in [5.74, 6) is 0.882. The lowest BCUT2D eigenvalue weighted by atomic mass is 10.1. The van der Waals surface area contributed by atoms with Crippen molar-refractivity contribution in [3.8, 4) is 0 Å². The molecule has 1 aliphatic heterocycles. The normalized spacial score (nSPS) is 16.8. The van der Waals surface area contributed by atoms with Crippen molar-refractivity contribution in [3.63, 3.8) is 0 Å². The number of hydrogen-bond donors (Lipinski definition) is 1. The molecule has 1 N–H and O–H groups in total. The van der Waals surface area contributed by atoms with Gasteiger partial charge in [0, 0.05) is 51.2 Å². The van der Waals surface area contributed by atoms with Crippen molar-refractivity contribution in [1.29, 1.82) is 0 Å². The van der Waals surface area contributed by atoms with Gasteiger partial charge >= 0.3 is 0 Å². The molecule has 2 rings (SSSR count). The van der Waals surface area contributed by atoms with E-state index in [1.54, 1.807) is 7.11 Å². The summed E-state index contributed by atoms with van der Waals surface area (Å²) in [5.41, 5.74) is 1.12. The van der Waals surface area contributed by atoms with Crippen molar-refractivity contribution in [3.05, 3.63) is 18.0 Å². The first-order chi connectivity index (χ1) is 9.90. The average molecular weight is 278 g/mol. The van der Waals surface area contributed by atoms with Crippen LogP contribution in [0.25, 0.3) is 0 Å². The maximum Gasteiger partial charge on any atom is 0.225 e. The van der Waals surface area contributed by atoms with E-state index in [0.29, 0.717) is 0 Å². The summed E-state index contributed by atoms with van der Waals surface area (Å²) in [6.45, 7) is 4.55. The van der Waals surface area contributed by atoms with Crippen LogP contribution in [-0.4, -0.2) is 43.3 Å². The first kappa shape index (κ1) is 15.2. The average Bonchev–Trinajstić information content (AvgIpc) is 2.44. The fraction of sp³-hybridized carbons (Fsp3) is 0.733. The summed E-state index contributed by atoms with van der Waals surface area (Å²) >= 11 is 0. The van der Waals surface area contributed by atoms with Crippen molar-refractivity contribution in [1.82, 2.24) is 15.3 Å². The van der Waals surface area contributed by atoms with Gasteiger partial charge in [-0.05, 0) is 12.8 Å². The maximum atomic E-state index is 5.00. The van der Waals surface area contributed by atoms with E-state index in [1.807, 2.05) is 12.4 Å². The molecule has 112 valence electrons. The minimum atomic E-state index is 0.729. The van der Waals surface area contributed by atoms with Crippen molar-refractivity contribution in [2.45, 2.75) is 38.6 Å². The summed E-state index contributed by atoms with van der Waals surface area (Å²) in [7, 11) is 1.71. The summed E-state index contributed by atoms with van der Waals surface area (Å²) < 4.78 is 5.00. The highest BCUT2D eigenvalue weighted by Crippen LogP contribution is 2.15. The van der Waals surface area contributed by atoms with Gasteiger partial charge in [0.2, 0.25) is 5.95 Å². The summed E-state index contributed by atoms with van der Waals surface area (Å²) in [4.78, 5) is 11.4. The van der Waals surface area contributed by atoms with Gasteiger partial charge in [0.25, 0.3) is 0 Å². The Hall–Kier alpha value is -1.20. The molecule has 1 aliphatic rings. The van der Waals surface area contributed by atoms with Crippen LogP contribution in [-0.2, 0) is 11.3 Å². The SMILES string of the molecule is COCCNCc1cnc(N2CCCCCCC2)nc1. The van der Waals surface area contributed by atoms with Crippen LogP contribution in [0.5, 0.6) is 0 Å². The van der Waals surface area contributed by atoms with E-state index in [0.717, 1.165) is 44.3 Å². The number of hydrogen-bond acceptors (Lipinski definition) is 5. The third-order valence-electron chi connectivity index (χ3n) is 3.64. The molecule has 0 aliphatic carbocycles. The molecule has 0 atom stereocenters. The lowest BCUT2D eigenvalue weighted by Gasteiger charge is -2.24. The molecule has 0 spiro atoms. The Morgan fingerprint density at radius 3 is 2.40 bits per heavy atom. The molecular weight excluding hydrogens is 252 g/mol. The van der Waals surface area contributed by atoms with Gasteiger partial charge in [-0.1, -0.05) is 19.3 Å². The van der Waals surface area contributed by atoms with Crippen molar-refractivity contribution in [2.24, 2.45) is 0 Å². The highest BCUT2D eigenvalue weighted by molar-refractivity contribution is 5.29. The molecule has 2 heterocycles. The standard InChI is InChI=1S/C15H26N4O/c1-20-10-7-16-11-14-12-17-15(18-13-14)19-8-5-3-2-4-6-9-19/h12-13,16H,2-11H2,1H3. The zero-order valence-electron chi connectivity index (χ0n) is 12.5. The minimum absolute atomic E-state index is 0.729. The third kappa shape index (κ3) is 5.06. The predicted molar refractivity (Wildman–Crippen MR) is 80.9 cm³/mol. The predicted octanol–water partition coefficient (Wildman–Crippen LogP) is 1.98. The highest BCUT2D eigenvalue weighted by Gasteiger charge is 2.11. The van der Waals surface area contributed by atoms with Gasteiger partial charge < -0.3 is 15.0 Å². The third-order valence-corrected chi connectivity index (χ3v) is 3.64. The van der Waals surface area contributed by atoms with Gasteiger partial charge in [-0.2, -0.15) is 0 Å². The van der Waals surface area contributed by atoms with Gasteiger partial charge in [-0.3, -0.25) is 0 Å². The number of nitrogens with one attached hydrogen (secondary N) is 1. The Bertz CT molecular complexity index is 361. The smallest absolute Gasteiger partial charge is 0.225 e. The van der Waals surface area contributed by atoms with Gasteiger partial charge in [-0.15, -0.1) is 0 Å². The number of aromatic nitrogens is 2. The van der Waals surface area contributed by atoms with E-state index in [-0.39, 0.29) is 0 Å². The first-order valence-electron chi connectivity index (χ1n) is 7.65. The quantitative estimate of drug-likeness (QED) is 0.806. The second kappa shape index (κ2) is 8.87. The maximum absolute atomic E-state index is 5.00. The topological polar surface area (TPSA) is 50.3 Å². The van der Waals surface area contributed by atoms with Gasteiger partial charge in [0.05, 0.1) is 6.61 Å². The second-order valence-electron chi connectivity index (χ2n) is 5.32. The van der Waals surface area contributed by atoms with E-state index < -0.39 is 0 Å². The van der Waals surface area contributed by atoms with Crippen molar-refractivity contribution >= 4 is 5.95 Å². The van der Waals surface area contributed by atoms with Crippen LogP contribution in [0, 0.1) is 0 Å². The molecule has 1 fully saturated rings. The summed E-state index contributed by atoms with van der Waals surface area (Å²) in [6.07, 6.45) is 10.4. The lowest BCUT2D eigenvalue weighted by Crippen LogP contribution is -2.28. The molecular formula is C15H26N4O. The Kier molecular flexibility index (Phi) is 6.74. The Morgan fingerprint density at radius 1 is 1.10 bits per heavy atom. The Labute approximate surface area is 121 Å². The van der Waals surface area contributed by atoms with Crippen LogP contribution in [0.3, 0.4) is 0 Å². The zero-order chi connectivity index (χ0) is 14.0. The Balaban J connectivity index is 1.83. The van der Waals surface area contributed by atoms with E-state index in [1.165, 1.54) is 32.1 Å². The van der Waals surface area contributed by atoms with Crippen LogP contribution in [0.1, 0.15) is 37.7 Å². The van der Waals surface area contributed by atoms with Crippen LogP contribution >= 0.6 is 0 Å². The molecule has 0 bridgehead atoms. The van der Waals surface area contributed by atoms with E-state index in [9.17, 15) is 0 Å². The summed E-state index contributed by atoms with van der Waals surface area (Å²) in [6, 6.07) is 0. The van der Waals surface area contributed by atoms with Crippen LogP contribution < -0.4 is 10.2 Å². The lowest BCUT2D eigenvalue weighted by molar-refractivity contribution is 0.199. The molecule has 0 aromatic carbocycles. The second-order valence-corrected chi connectivity index (χ2v) is 5.32. The fourth-order valence-electron chi connectivity index (χ4n) is 2.46. The highest BCUT2D eigenvalue weighted by atomic mass is 16.5. The molecule has 0 amide bonds. The van der Waals surface area contributed by atoms with Crippen molar-refractivity contribution in [2.75, 3.05) is 38.3 Å². The van der Waals surface area contributed by atoms with E-state index in [2.05, 4.69) is 20.2 Å². The molecule has 1 saturated heterocycles. The molecule has 20 heavy (non-hydrogen) atoms. The Morgan fingerprint density at radius 2 is 1.75 bits per heavy atom. The van der Waals surface area contributed by atoms with Crippen molar-refractivity contribution < 1.29 is 4.74 Å². The zero-order valence-corrected chi connectivity index (χ0v) is 12.5. The molecule has 0 saturated carbocycles. The van der Waals surface area contributed by atoms with Gasteiger partial charge in [0.1, 0.15) is 0 Å². The van der Waals surface area contributed by atoms with Crippen LogP contribution in [0.2, 0.25) is 0 Å². The molecule has 5 heteroatoms. The van der Waals surface area contributed by atoms with Gasteiger partial charge in [0.15, 0.2) is 0 Å². The number of anilines is 1. The minimum Gasteiger partial charge on any atom is -0.383 e. The largest absolute Gasteiger partial charge is 0.383 e. The first-order valence-corrected chi connectivity index (χ1v) is 7.65. The van der Waals surface area contributed by atoms with Gasteiger partial charge in [-0.25, -0.2) is 9.97 Å².